The molecule has 0 aliphatic rings. The lowest BCUT2D eigenvalue weighted by Gasteiger charge is -2.14. The molecule has 4 aromatic rings. The third kappa shape index (κ3) is 4.14. The molecular weight excluding hydrogens is 392 g/mol. The Morgan fingerprint density at radius 3 is 2.60 bits per heavy atom. The highest BCUT2D eigenvalue weighted by Gasteiger charge is 2.21. The number of nitrogens with one attached hydrogen (secondary N) is 1. The van der Waals surface area contributed by atoms with Gasteiger partial charge in [-0.2, -0.15) is 0 Å². The largest absolute Gasteiger partial charge is 0.325 e. The first-order valence-electron chi connectivity index (χ1n) is 9.72. The molecule has 0 unspecified atom stereocenters. The van der Waals surface area contributed by atoms with Gasteiger partial charge in [0.05, 0.1) is 5.25 Å². The van der Waals surface area contributed by atoms with Crippen LogP contribution in [-0.4, -0.2) is 25.9 Å². The molecule has 0 fully saturated rings. The highest BCUT2D eigenvalue weighted by molar-refractivity contribution is 8.00. The number of rotatable bonds is 7. The number of nitrogens with zero attached hydrogens (tertiary/aromatic N) is 3. The molecule has 1 atom stereocenters. The first kappa shape index (κ1) is 19.9. The van der Waals surface area contributed by atoms with Gasteiger partial charge in [-0.25, -0.2) is 0 Å². The second-order valence-electron chi connectivity index (χ2n) is 6.85. The number of hydrogen-bond acceptors (Lipinski definition) is 4. The van der Waals surface area contributed by atoms with Crippen molar-refractivity contribution in [2.45, 2.75) is 23.9 Å². The summed E-state index contributed by atoms with van der Waals surface area (Å²) in [5, 5.41) is 14.2. The van der Waals surface area contributed by atoms with Crippen LogP contribution in [0.5, 0.6) is 0 Å². The van der Waals surface area contributed by atoms with Crippen molar-refractivity contribution >= 4 is 34.1 Å². The molecule has 4 rings (SSSR count). The Balaban J connectivity index is 1.55. The van der Waals surface area contributed by atoms with Gasteiger partial charge in [0.1, 0.15) is 0 Å². The Labute approximate surface area is 179 Å². The summed E-state index contributed by atoms with van der Waals surface area (Å²) >= 11 is 1.39. The van der Waals surface area contributed by atoms with Crippen molar-refractivity contribution in [1.29, 1.82) is 0 Å². The fourth-order valence-electron chi connectivity index (χ4n) is 3.25. The van der Waals surface area contributed by atoms with E-state index in [2.05, 4.69) is 22.1 Å². The number of anilines is 1. The van der Waals surface area contributed by atoms with Crippen LogP contribution in [0.25, 0.3) is 22.2 Å². The van der Waals surface area contributed by atoms with E-state index in [1.54, 1.807) is 6.08 Å². The van der Waals surface area contributed by atoms with E-state index in [-0.39, 0.29) is 11.2 Å². The fourth-order valence-corrected chi connectivity index (χ4v) is 4.11. The maximum absolute atomic E-state index is 12.9. The lowest BCUT2D eigenvalue weighted by atomic mass is 10.1. The molecule has 0 spiro atoms. The van der Waals surface area contributed by atoms with E-state index in [1.165, 1.54) is 11.8 Å². The molecule has 0 radical (unpaired) electrons. The highest BCUT2D eigenvalue weighted by Crippen LogP contribution is 2.28. The van der Waals surface area contributed by atoms with Gasteiger partial charge in [0.25, 0.3) is 0 Å². The SMILES string of the molecule is C=CCn1c(S[C@H](C)C(=O)Nc2cccc3ccccc23)nnc1-c1ccccc1. The average Bonchev–Trinajstić information content (AvgIpc) is 3.17. The normalized spacial score (nSPS) is 11.9. The monoisotopic (exact) mass is 414 g/mol. The van der Waals surface area contributed by atoms with E-state index in [0.717, 1.165) is 27.8 Å². The summed E-state index contributed by atoms with van der Waals surface area (Å²) in [5.41, 5.74) is 1.79. The molecule has 1 N–H and O–H groups in total. The van der Waals surface area contributed by atoms with Gasteiger partial charge in [-0.05, 0) is 18.4 Å². The topological polar surface area (TPSA) is 59.8 Å². The van der Waals surface area contributed by atoms with Crippen LogP contribution in [0.2, 0.25) is 0 Å². The predicted molar refractivity (Wildman–Crippen MR) is 124 cm³/mol. The van der Waals surface area contributed by atoms with Gasteiger partial charge < -0.3 is 5.32 Å². The minimum atomic E-state index is -0.347. The Hall–Kier alpha value is -3.38. The summed E-state index contributed by atoms with van der Waals surface area (Å²) in [7, 11) is 0. The van der Waals surface area contributed by atoms with Gasteiger partial charge in [0.2, 0.25) is 5.91 Å². The Bertz CT molecular complexity index is 1180. The smallest absolute Gasteiger partial charge is 0.237 e. The first-order chi connectivity index (χ1) is 14.7. The van der Waals surface area contributed by atoms with E-state index < -0.39 is 0 Å². The average molecular weight is 415 g/mol. The second kappa shape index (κ2) is 8.97. The van der Waals surface area contributed by atoms with E-state index in [9.17, 15) is 4.79 Å². The summed E-state index contributed by atoms with van der Waals surface area (Å²) in [5.74, 6) is 0.686. The molecule has 0 aliphatic carbocycles. The lowest BCUT2D eigenvalue weighted by molar-refractivity contribution is -0.115. The summed E-state index contributed by atoms with van der Waals surface area (Å²) in [6.45, 7) is 6.29. The van der Waals surface area contributed by atoms with Crippen LogP contribution >= 0.6 is 11.8 Å². The van der Waals surface area contributed by atoms with Crippen molar-refractivity contribution in [3.63, 3.8) is 0 Å². The van der Waals surface area contributed by atoms with Crippen molar-refractivity contribution < 1.29 is 4.79 Å². The summed E-state index contributed by atoms with van der Waals surface area (Å²) < 4.78 is 1.98. The maximum Gasteiger partial charge on any atom is 0.237 e. The zero-order valence-electron chi connectivity index (χ0n) is 16.7. The van der Waals surface area contributed by atoms with Crippen molar-refractivity contribution in [2.75, 3.05) is 5.32 Å². The zero-order chi connectivity index (χ0) is 20.9. The van der Waals surface area contributed by atoms with Gasteiger partial charge in [0.15, 0.2) is 11.0 Å². The molecule has 0 saturated heterocycles. The molecule has 1 amide bonds. The molecule has 1 aromatic heterocycles. The number of fused-ring (bicyclic) bond motifs is 1. The quantitative estimate of drug-likeness (QED) is 0.325. The Morgan fingerprint density at radius 2 is 1.80 bits per heavy atom. The summed E-state index contributed by atoms with van der Waals surface area (Å²) in [6.07, 6.45) is 1.81. The molecule has 6 heteroatoms. The maximum atomic E-state index is 12.9. The number of allylic oxidation sites excluding steroid dienone is 1. The number of benzene rings is 3. The van der Waals surface area contributed by atoms with Gasteiger partial charge in [-0.3, -0.25) is 9.36 Å². The number of amides is 1. The van der Waals surface area contributed by atoms with Crippen molar-refractivity contribution in [3.8, 4) is 11.4 Å². The zero-order valence-corrected chi connectivity index (χ0v) is 17.5. The lowest BCUT2D eigenvalue weighted by Crippen LogP contribution is -2.23. The van der Waals surface area contributed by atoms with Crippen molar-refractivity contribution in [1.82, 2.24) is 14.8 Å². The fraction of sp³-hybridized carbons (Fsp3) is 0.125. The third-order valence-electron chi connectivity index (χ3n) is 4.76. The Kier molecular flexibility index (Phi) is 5.95. The molecule has 0 saturated carbocycles. The highest BCUT2D eigenvalue weighted by atomic mass is 32.2. The van der Waals surface area contributed by atoms with Crippen LogP contribution in [0, 0.1) is 0 Å². The van der Waals surface area contributed by atoms with E-state index >= 15 is 0 Å². The minimum Gasteiger partial charge on any atom is -0.325 e. The number of thioether (sulfide) groups is 1. The Morgan fingerprint density at radius 1 is 1.07 bits per heavy atom. The van der Waals surface area contributed by atoms with Gasteiger partial charge in [-0.15, -0.1) is 16.8 Å². The molecule has 30 heavy (non-hydrogen) atoms. The number of aromatic nitrogens is 3. The number of carbonyl (C=O) groups excluding carboxylic acids is 1. The van der Waals surface area contributed by atoms with Gasteiger partial charge >= 0.3 is 0 Å². The van der Waals surface area contributed by atoms with Crippen LogP contribution < -0.4 is 5.32 Å². The predicted octanol–water partition coefficient (Wildman–Crippen LogP) is 5.40. The van der Waals surface area contributed by atoms with E-state index in [4.69, 9.17) is 0 Å². The number of carbonyl (C=O) groups is 1. The van der Waals surface area contributed by atoms with Crippen LogP contribution in [0.1, 0.15) is 6.92 Å². The third-order valence-corrected chi connectivity index (χ3v) is 5.84. The second-order valence-corrected chi connectivity index (χ2v) is 8.16. The standard InChI is InChI=1S/C24H22N4OS/c1-3-16-28-22(19-11-5-4-6-12-19)26-27-24(28)30-17(2)23(29)25-21-15-9-13-18-10-7-8-14-20(18)21/h3-15,17H,1,16H2,2H3,(H,25,29)/t17-/m1/s1. The van der Waals surface area contributed by atoms with Crippen molar-refractivity contribution in [3.05, 3.63) is 85.5 Å². The van der Waals surface area contributed by atoms with Crippen LogP contribution in [0.15, 0.2) is 90.6 Å². The molecule has 0 aliphatic heterocycles. The molecule has 150 valence electrons. The molecular formula is C24H22N4OS. The van der Waals surface area contributed by atoms with Crippen LogP contribution in [-0.2, 0) is 11.3 Å². The van der Waals surface area contributed by atoms with Crippen LogP contribution in [0.4, 0.5) is 5.69 Å². The van der Waals surface area contributed by atoms with Gasteiger partial charge in [0, 0.05) is 23.2 Å². The molecule has 3 aromatic carbocycles. The number of hydrogen-bond donors (Lipinski definition) is 1. The molecule has 5 nitrogen and oxygen atoms in total. The molecule has 1 heterocycles. The van der Waals surface area contributed by atoms with Crippen molar-refractivity contribution in [2.24, 2.45) is 0 Å². The van der Waals surface area contributed by atoms with Gasteiger partial charge in [-0.1, -0.05) is 84.6 Å². The summed E-state index contributed by atoms with van der Waals surface area (Å²) in [6, 6.07) is 23.8. The van der Waals surface area contributed by atoms with E-state index in [0.29, 0.717) is 11.7 Å². The molecule has 0 bridgehead atoms. The minimum absolute atomic E-state index is 0.0780. The van der Waals surface area contributed by atoms with Crippen LogP contribution in [0.3, 0.4) is 0 Å². The first-order valence-corrected chi connectivity index (χ1v) is 10.6. The van der Waals surface area contributed by atoms with E-state index in [1.807, 2.05) is 84.3 Å². The summed E-state index contributed by atoms with van der Waals surface area (Å²) in [4.78, 5) is 12.9.